The first kappa shape index (κ1) is 10.8. The molecule has 0 N–H and O–H groups in total. The first-order valence-corrected chi connectivity index (χ1v) is 6.69. The van der Waals surface area contributed by atoms with E-state index in [1.54, 1.807) is 0 Å². The third-order valence-corrected chi connectivity index (χ3v) is 4.22. The zero-order valence-electron chi connectivity index (χ0n) is 9.73. The molecule has 0 saturated carbocycles. The summed E-state index contributed by atoms with van der Waals surface area (Å²) >= 11 is 1.39. The Bertz CT molecular complexity index is 594. The number of rotatable bonds is 2. The Hall–Kier alpha value is -1.36. The fourth-order valence-corrected chi connectivity index (χ4v) is 3.41. The molecule has 0 saturated heterocycles. The highest BCUT2D eigenvalue weighted by molar-refractivity contribution is 7.09. The van der Waals surface area contributed by atoms with Gasteiger partial charge in [-0.25, -0.2) is 0 Å². The molecule has 0 atom stereocenters. The lowest BCUT2D eigenvalue weighted by Gasteiger charge is -2.12. The molecule has 0 aliphatic heterocycles. The number of aryl methyl sites for hydroxylation is 2. The summed E-state index contributed by atoms with van der Waals surface area (Å²) in [6, 6.07) is 1.89. The summed E-state index contributed by atoms with van der Waals surface area (Å²) in [5.74, 6) is 0.789. The monoisotopic (exact) mass is 250 g/mol. The van der Waals surface area contributed by atoms with Crippen LogP contribution in [0.4, 0.5) is 0 Å². The van der Waals surface area contributed by atoms with Gasteiger partial charge in [-0.05, 0) is 32.6 Å². The second-order valence-corrected chi connectivity index (χ2v) is 5.51. The van der Waals surface area contributed by atoms with Crippen LogP contribution in [0.2, 0.25) is 0 Å². The van der Waals surface area contributed by atoms with Crippen LogP contribution in [0.15, 0.2) is 15.4 Å². The highest BCUT2D eigenvalue weighted by Gasteiger charge is 2.18. The first-order valence-electron chi connectivity index (χ1n) is 5.87. The number of thiazole rings is 1. The molecule has 0 fully saturated rings. The molecule has 0 unspecified atom stereocenters. The van der Waals surface area contributed by atoms with Crippen molar-refractivity contribution in [1.82, 2.24) is 9.72 Å². The van der Waals surface area contributed by atoms with Gasteiger partial charge in [-0.1, -0.05) is 16.5 Å². The maximum absolute atomic E-state index is 11.9. The van der Waals surface area contributed by atoms with E-state index in [1.807, 2.05) is 17.6 Å². The molecule has 0 bridgehead atoms. The smallest absolute Gasteiger partial charge is 0.307 e. The lowest BCUT2D eigenvalue weighted by Crippen LogP contribution is -2.18. The van der Waals surface area contributed by atoms with Gasteiger partial charge in [0, 0.05) is 16.6 Å². The largest absolute Gasteiger partial charge is 0.361 e. The molecule has 3 rings (SSSR count). The zero-order valence-corrected chi connectivity index (χ0v) is 10.5. The molecule has 1 aliphatic rings. The van der Waals surface area contributed by atoms with Crippen molar-refractivity contribution < 1.29 is 4.52 Å². The molecule has 0 aromatic carbocycles. The van der Waals surface area contributed by atoms with Crippen LogP contribution in [-0.2, 0) is 19.4 Å². The minimum Gasteiger partial charge on any atom is -0.361 e. The van der Waals surface area contributed by atoms with Crippen LogP contribution in [0.3, 0.4) is 0 Å². The van der Waals surface area contributed by atoms with Crippen LogP contribution in [0.25, 0.3) is 0 Å². The summed E-state index contributed by atoms with van der Waals surface area (Å²) in [4.78, 5) is 13.3. The molecule has 1 aliphatic carbocycles. The maximum Gasteiger partial charge on any atom is 0.307 e. The molecule has 0 amide bonds. The Labute approximate surface area is 103 Å². The third-order valence-electron chi connectivity index (χ3n) is 3.14. The van der Waals surface area contributed by atoms with Gasteiger partial charge in [0.05, 0.1) is 6.54 Å². The number of aromatic nitrogens is 2. The van der Waals surface area contributed by atoms with Crippen molar-refractivity contribution in [3.05, 3.63) is 37.8 Å². The summed E-state index contributed by atoms with van der Waals surface area (Å²) < 4.78 is 6.89. The van der Waals surface area contributed by atoms with Crippen molar-refractivity contribution in [3.8, 4) is 0 Å². The van der Waals surface area contributed by atoms with Crippen LogP contribution in [0.1, 0.15) is 34.9 Å². The fraction of sp³-hybridized carbons (Fsp3) is 0.500. The standard InChI is InChI=1S/C12H14N2O2S/c1-8-6-9(13-16-8)7-14-10-4-2-3-5-11(10)17-12(14)15/h6H,2-5,7H2,1H3. The van der Waals surface area contributed by atoms with Gasteiger partial charge in [-0.2, -0.15) is 0 Å². The average Bonchev–Trinajstić information content (AvgIpc) is 2.85. The Morgan fingerprint density at radius 1 is 1.47 bits per heavy atom. The number of nitrogens with zero attached hydrogens (tertiary/aromatic N) is 2. The van der Waals surface area contributed by atoms with Gasteiger partial charge in [-0.15, -0.1) is 0 Å². The molecule has 5 heteroatoms. The molecule has 2 aromatic rings. The maximum atomic E-state index is 11.9. The van der Waals surface area contributed by atoms with Crippen LogP contribution in [0, 0.1) is 6.92 Å². The predicted molar refractivity (Wildman–Crippen MR) is 65.6 cm³/mol. The van der Waals surface area contributed by atoms with Crippen LogP contribution in [0.5, 0.6) is 0 Å². The van der Waals surface area contributed by atoms with Crippen LogP contribution in [-0.4, -0.2) is 9.72 Å². The van der Waals surface area contributed by atoms with Gasteiger partial charge < -0.3 is 4.52 Å². The van der Waals surface area contributed by atoms with E-state index in [0.29, 0.717) is 6.54 Å². The van der Waals surface area contributed by atoms with E-state index in [9.17, 15) is 4.79 Å². The van der Waals surface area contributed by atoms with Crippen molar-refractivity contribution in [2.45, 2.75) is 39.2 Å². The minimum absolute atomic E-state index is 0.137. The van der Waals surface area contributed by atoms with E-state index < -0.39 is 0 Å². The van der Waals surface area contributed by atoms with E-state index in [-0.39, 0.29) is 4.87 Å². The SMILES string of the molecule is Cc1cc(Cn2c3c(sc2=O)CCCC3)no1. The van der Waals surface area contributed by atoms with Crippen molar-refractivity contribution >= 4 is 11.3 Å². The van der Waals surface area contributed by atoms with Crippen LogP contribution >= 0.6 is 11.3 Å². The van der Waals surface area contributed by atoms with Gasteiger partial charge in [0.15, 0.2) is 0 Å². The molecule has 2 aromatic heterocycles. The second kappa shape index (κ2) is 4.14. The van der Waals surface area contributed by atoms with Crippen molar-refractivity contribution in [2.24, 2.45) is 0 Å². The molecule has 0 radical (unpaired) electrons. The summed E-state index contributed by atoms with van der Waals surface area (Å²) in [5.41, 5.74) is 2.04. The molecule has 2 heterocycles. The number of hydrogen-bond acceptors (Lipinski definition) is 4. The van der Waals surface area contributed by atoms with Gasteiger partial charge in [0.1, 0.15) is 11.5 Å². The van der Waals surface area contributed by atoms with Crippen molar-refractivity contribution in [3.63, 3.8) is 0 Å². The molecular formula is C12H14N2O2S. The van der Waals surface area contributed by atoms with E-state index in [0.717, 1.165) is 24.3 Å². The highest BCUT2D eigenvalue weighted by atomic mass is 32.1. The molecular weight excluding hydrogens is 236 g/mol. The molecule has 4 nitrogen and oxygen atoms in total. The fourth-order valence-electron chi connectivity index (χ4n) is 2.34. The third kappa shape index (κ3) is 1.95. The number of fused-ring (bicyclic) bond motifs is 1. The van der Waals surface area contributed by atoms with E-state index in [4.69, 9.17) is 4.52 Å². The zero-order chi connectivity index (χ0) is 11.8. The van der Waals surface area contributed by atoms with Gasteiger partial charge in [0.2, 0.25) is 0 Å². The molecule has 90 valence electrons. The summed E-state index contributed by atoms with van der Waals surface area (Å²) in [5, 5.41) is 3.95. The molecule has 17 heavy (non-hydrogen) atoms. The Kier molecular flexibility index (Phi) is 2.63. The molecule has 0 spiro atoms. The van der Waals surface area contributed by atoms with Crippen molar-refractivity contribution in [1.29, 1.82) is 0 Å². The summed E-state index contributed by atoms with van der Waals surface area (Å²) in [6.45, 7) is 2.41. The normalized spacial score (nSPS) is 14.9. The Morgan fingerprint density at radius 3 is 3.06 bits per heavy atom. The van der Waals surface area contributed by atoms with Gasteiger partial charge in [0.25, 0.3) is 0 Å². The average molecular weight is 250 g/mol. The Morgan fingerprint density at radius 2 is 2.29 bits per heavy atom. The summed E-state index contributed by atoms with van der Waals surface area (Å²) in [7, 11) is 0. The lowest BCUT2D eigenvalue weighted by molar-refractivity contribution is 0.388. The predicted octanol–water partition coefficient (Wildman–Crippen LogP) is 2.13. The minimum atomic E-state index is 0.137. The lowest BCUT2D eigenvalue weighted by atomic mass is 10.0. The first-order chi connectivity index (χ1) is 8.24. The van der Waals surface area contributed by atoms with E-state index in [2.05, 4.69) is 5.16 Å². The van der Waals surface area contributed by atoms with Gasteiger partial charge in [-0.3, -0.25) is 9.36 Å². The quantitative estimate of drug-likeness (QED) is 0.820. The Balaban J connectivity index is 1.97. The number of hydrogen-bond donors (Lipinski definition) is 0. The second-order valence-electron chi connectivity index (χ2n) is 4.46. The van der Waals surface area contributed by atoms with E-state index >= 15 is 0 Å². The highest BCUT2D eigenvalue weighted by Crippen LogP contribution is 2.23. The van der Waals surface area contributed by atoms with Crippen LogP contribution < -0.4 is 4.87 Å². The summed E-state index contributed by atoms with van der Waals surface area (Å²) in [6.07, 6.45) is 4.46. The van der Waals surface area contributed by atoms with E-state index in [1.165, 1.54) is 34.7 Å². The van der Waals surface area contributed by atoms with Gasteiger partial charge >= 0.3 is 4.87 Å². The topological polar surface area (TPSA) is 48.0 Å². The van der Waals surface area contributed by atoms with Crippen molar-refractivity contribution in [2.75, 3.05) is 0 Å².